The number of urea groups is 1. The third-order valence-corrected chi connectivity index (χ3v) is 7.33. The van der Waals surface area contributed by atoms with Crippen molar-refractivity contribution >= 4 is 17.9 Å². The van der Waals surface area contributed by atoms with Crippen LogP contribution in [0.25, 0.3) is 0 Å². The topological polar surface area (TPSA) is 101 Å². The summed E-state index contributed by atoms with van der Waals surface area (Å²) in [6.07, 6.45) is 0.701. The number of carbonyl (C=O) groups excluding carboxylic acids is 3. The van der Waals surface area contributed by atoms with E-state index in [1.807, 2.05) is 6.92 Å². The molecule has 10 nitrogen and oxygen atoms in total. The Morgan fingerprint density at radius 2 is 1.71 bits per heavy atom. The monoisotopic (exact) mass is 568 g/mol. The first-order valence-electron chi connectivity index (χ1n) is 13.8. The molecular weight excluding hydrogens is 531 g/mol. The molecule has 0 aliphatic carbocycles. The van der Waals surface area contributed by atoms with Gasteiger partial charge < -0.3 is 24.4 Å². The van der Waals surface area contributed by atoms with E-state index in [1.54, 1.807) is 34.9 Å². The molecule has 1 unspecified atom stereocenters. The molecule has 41 heavy (non-hydrogen) atoms. The lowest BCUT2D eigenvalue weighted by Crippen LogP contribution is -2.51. The van der Waals surface area contributed by atoms with Crippen molar-refractivity contribution in [1.82, 2.24) is 20.0 Å². The number of benzene rings is 2. The van der Waals surface area contributed by atoms with Crippen LogP contribution >= 0.6 is 0 Å². The van der Waals surface area contributed by atoms with Gasteiger partial charge in [-0.1, -0.05) is 6.07 Å². The van der Waals surface area contributed by atoms with Crippen LogP contribution in [-0.4, -0.2) is 92.7 Å². The number of nitrogens with zero attached hydrogens (tertiary/aromatic N) is 3. The lowest BCUT2D eigenvalue weighted by atomic mass is 9.93. The summed E-state index contributed by atoms with van der Waals surface area (Å²) in [6, 6.07) is 9.72. The Bertz CT molecular complexity index is 1300. The van der Waals surface area contributed by atoms with Crippen LogP contribution in [-0.2, 0) is 9.53 Å². The summed E-state index contributed by atoms with van der Waals surface area (Å²) in [5.41, 5.74) is 2.00. The Morgan fingerprint density at radius 3 is 2.37 bits per heavy atom. The van der Waals surface area contributed by atoms with E-state index >= 15 is 0 Å². The maximum absolute atomic E-state index is 13.5. The summed E-state index contributed by atoms with van der Waals surface area (Å²) in [5, 5.41) is 2.97. The SMILES string of the molecule is CCOC(=O)C1=C(CN2CCCN(C(=O)c3ccc(F)cc3)CC2)N(CC)C(=O)NC1c1ccc(OC)c(OC)c1. The minimum atomic E-state index is -0.761. The fourth-order valence-corrected chi connectivity index (χ4v) is 5.26. The molecule has 2 heterocycles. The van der Waals surface area contributed by atoms with E-state index in [4.69, 9.17) is 14.2 Å². The number of ether oxygens (including phenoxy) is 3. The molecule has 0 bridgehead atoms. The van der Waals surface area contributed by atoms with Gasteiger partial charge in [-0.25, -0.2) is 14.0 Å². The molecule has 0 aromatic heterocycles. The van der Waals surface area contributed by atoms with Gasteiger partial charge in [0.2, 0.25) is 0 Å². The van der Waals surface area contributed by atoms with Crippen molar-refractivity contribution in [1.29, 1.82) is 0 Å². The molecule has 2 aromatic rings. The van der Waals surface area contributed by atoms with E-state index in [0.29, 0.717) is 79.6 Å². The van der Waals surface area contributed by atoms with Crippen molar-refractivity contribution in [3.8, 4) is 11.5 Å². The zero-order chi connectivity index (χ0) is 29.5. The summed E-state index contributed by atoms with van der Waals surface area (Å²) in [6.45, 7) is 6.63. The molecular formula is C30H37FN4O6. The van der Waals surface area contributed by atoms with Gasteiger partial charge in [0.05, 0.1) is 32.4 Å². The molecule has 1 N–H and O–H groups in total. The fourth-order valence-electron chi connectivity index (χ4n) is 5.26. The van der Waals surface area contributed by atoms with Gasteiger partial charge in [-0.2, -0.15) is 0 Å². The molecule has 1 fully saturated rings. The second-order valence-electron chi connectivity index (χ2n) is 9.75. The minimum Gasteiger partial charge on any atom is -0.493 e. The smallest absolute Gasteiger partial charge is 0.338 e. The van der Waals surface area contributed by atoms with Crippen molar-refractivity contribution in [3.63, 3.8) is 0 Å². The highest BCUT2D eigenvalue weighted by atomic mass is 19.1. The number of nitrogens with one attached hydrogen (secondary N) is 1. The Kier molecular flexibility index (Phi) is 9.82. The standard InChI is InChI=1S/C30H37FN4O6/c1-5-35-23(19-33-14-7-15-34(17-16-33)28(36)20-8-11-22(31)12-9-20)26(29(37)41-6-2)27(32-30(35)38)21-10-13-24(39-3)25(18-21)40-4/h8-13,18,27H,5-7,14-17,19H2,1-4H3,(H,32,38). The Labute approximate surface area is 239 Å². The molecule has 1 atom stereocenters. The summed E-state index contributed by atoms with van der Waals surface area (Å²) in [7, 11) is 3.06. The van der Waals surface area contributed by atoms with E-state index in [1.165, 1.54) is 38.5 Å². The lowest BCUT2D eigenvalue weighted by Gasteiger charge is -2.38. The Hall–Kier alpha value is -4.12. The number of likely N-dealkylation sites (N-methyl/N-ethyl adjacent to an activating group) is 1. The maximum Gasteiger partial charge on any atom is 0.338 e. The zero-order valence-electron chi connectivity index (χ0n) is 23.9. The fraction of sp³-hybridized carbons (Fsp3) is 0.433. The molecule has 0 saturated carbocycles. The van der Waals surface area contributed by atoms with Crippen LogP contribution in [0.15, 0.2) is 53.7 Å². The van der Waals surface area contributed by atoms with Gasteiger partial charge >= 0.3 is 12.0 Å². The van der Waals surface area contributed by atoms with E-state index in [-0.39, 0.29) is 18.5 Å². The van der Waals surface area contributed by atoms with Crippen molar-refractivity contribution in [2.24, 2.45) is 0 Å². The molecule has 0 radical (unpaired) electrons. The van der Waals surface area contributed by atoms with Crippen LogP contribution in [0, 0.1) is 5.82 Å². The molecule has 0 spiro atoms. The minimum absolute atomic E-state index is 0.154. The highest BCUT2D eigenvalue weighted by Gasteiger charge is 2.39. The predicted molar refractivity (Wildman–Crippen MR) is 150 cm³/mol. The van der Waals surface area contributed by atoms with E-state index in [2.05, 4.69) is 10.2 Å². The Morgan fingerprint density at radius 1 is 0.976 bits per heavy atom. The van der Waals surface area contributed by atoms with E-state index < -0.39 is 17.8 Å². The van der Waals surface area contributed by atoms with Crippen LogP contribution in [0.1, 0.15) is 42.2 Å². The summed E-state index contributed by atoms with van der Waals surface area (Å²) >= 11 is 0. The third-order valence-electron chi connectivity index (χ3n) is 7.33. The van der Waals surface area contributed by atoms with Crippen LogP contribution in [0.3, 0.4) is 0 Å². The van der Waals surface area contributed by atoms with Crippen molar-refractivity contribution < 1.29 is 33.0 Å². The molecule has 2 aromatic carbocycles. The van der Waals surface area contributed by atoms with Gasteiger partial charge in [0.15, 0.2) is 11.5 Å². The zero-order valence-corrected chi connectivity index (χ0v) is 23.9. The summed E-state index contributed by atoms with van der Waals surface area (Å²) < 4.78 is 29.7. The number of esters is 1. The van der Waals surface area contributed by atoms with Gasteiger partial charge in [-0.3, -0.25) is 14.6 Å². The van der Waals surface area contributed by atoms with Gasteiger partial charge in [-0.15, -0.1) is 0 Å². The highest BCUT2D eigenvalue weighted by molar-refractivity contribution is 5.95. The maximum atomic E-state index is 13.5. The molecule has 4 rings (SSSR count). The number of hydrogen-bond acceptors (Lipinski definition) is 7. The third kappa shape index (κ3) is 6.62. The van der Waals surface area contributed by atoms with Gasteiger partial charge in [0.25, 0.3) is 5.91 Å². The van der Waals surface area contributed by atoms with Crippen LogP contribution in [0.5, 0.6) is 11.5 Å². The molecule has 3 amide bonds. The van der Waals surface area contributed by atoms with Crippen molar-refractivity contribution in [2.45, 2.75) is 26.3 Å². The van der Waals surface area contributed by atoms with Gasteiger partial charge in [0, 0.05) is 50.5 Å². The second kappa shape index (κ2) is 13.5. The first kappa shape index (κ1) is 29.9. The molecule has 2 aliphatic heterocycles. The summed E-state index contributed by atoms with van der Waals surface area (Å²) in [5.74, 6) is -0.0551. The number of hydrogen-bond donors (Lipinski definition) is 1. The number of methoxy groups -OCH3 is 2. The number of amides is 3. The number of halogens is 1. The predicted octanol–water partition coefficient (Wildman–Crippen LogP) is 3.59. The molecule has 2 aliphatic rings. The number of carbonyl (C=O) groups is 3. The van der Waals surface area contributed by atoms with E-state index in [0.717, 1.165) is 0 Å². The molecule has 1 saturated heterocycles. The van der Waals surface area contributed by atoms with Crippen molar-refractivity contribution in [2.75, 3.05) is 60.1 Å². The average molecular weight is 569 g/mol. The van der Waals surface area contributed by atoms with E-state index in [9.17, 15) is 18.8 Å². The first-order valence-corrected chi connectivity index (χ1v) is 13.8. The number of rotatable bonds is 9. The normalized spacial score (nSPS) is 18.1. The Balaban J connectivity index is 1.65. The molecule has 220 valence electrons. The van der Waals surface area contributed by atoms with Crippen LogP contribution in [0.2, 0.25) is 0 Å². The quantitative estimate of drug-likeness (QED) is 0.462. The second-order valence-corrected chi connectivity index (χ2v) is 9.75. The van der Waals surface area contributed by atoms with Gasteiger partial charge in [-0.05, 0) is 62.2 Å². The van der Waals surface area contributed by atoms with Gasteiger partial charge in [0.1, 0.15) is 5.82 Å². The van der Waals surface area contributed by atoms with Crippen molar-refractivity contribution in [3.05, 3.63) is 70.7 Å². The van der Waals surface area contributed by atoms with Crippen LogP contribution in [0.4, 0.5) is 9.18 Å². The highest BCUT2D eigenvalue weighted by Crippen LogP contribution is 2.36. The first-order chi connectivity index (χ1) is 19.8. The lowest BCUT2D eigenvalue weighted by molar-refractivity contribution is -0.139. The van der Waals surface area contributed by atoms with Crippen LogP contribution < -0.4 is 14.8 Å². The average Bonchev–Trinajstić information content (AvgIpc) is 3.22. The summed E-state index contributed by atoms with van der Waals surface area (Å²) in [4.78, 5) is 45.3. The largest absolute Gasteiger partial charge is 0.493 e. The molecule has 11 heteroatoms.